The molecule has 3 aromatic carbocycles. The molecule has 0 fully saturated rings. The first-order valence-corrected chi connectivity index (χ1v) is 9.64. The van der Waals surface area contributed by atoms with E-state index in [1.807, 2.05) is 0 Å². The lowest BCUT2D eigenvalue weighted by atomic mass is 10.2. The predicted octanol–water partition coefficient (Wildman–Crippen LogP) is 4.04. The molecule has 5 nitrogen and oxygen atoms in total. The van der Waals surface area contributed by atoms with Gasteiger partial charge in [0.1, 0.15) is 17.3 Å². The number of para-hydroxylation sites is 1. The molecule has 0 aliphatic carbocycles. The predicted molar refractivity (Wildman–Crippen MR) is 103 cm³/mol. The summed E-state index contributed by atoms with van der Waals surface area (Å²) in [5.74, 6) is -2.59. The van der Waals surface area contributed by atoms with E-state index in [-0.39, 0.29) is 16.1 Å². The molecule has 0 saturated heterocycles. The minimum atomic E-state index is -3.83. The second kappa shape index (κ2) is 7.77. The Balaban J connectivity index is 1.89. The van der Waals surface area contributed by atoms with Gasteiger partial charge in [0.25, 0.3) is 15.9 Å². The summed E-state index contributed by atoms with van der Waals surface area (Å²) in [5, 5.41) is 2.17. The number of amides is 1. The Bertz CT molecular complexity index is 1100. The summed E-state index contributed by atoms with van der Waals surface area (Å²) in [6, 6.07) is 16.8. The number of carbonyl (C=O) groups excluding carboxylic acids is 1. The van der Waals surface area contributed by atoms with Gasteiger partial charge in [0.2, 0.25) is 0 Å². The van der Waals surface area contributed by atoms with Gasteiger partial charge in [-0.25, -0.2) is 17.2 Å². The third-order valence-corrected chi connectivity index (χ3v) is 5.87. The van der Waals surface area contributed by atoms with Gasteiger partial charge in [-0.3, -0.25) is 9.10 Å². The fourth-order valence-electron chi connectivity index (χ4n) is 2.54. The van der Waals surface area contributed by atoms with Crippen LogP contribution in [0.3, 0.4) is 0 Å². The van der Waals surface area contributed by atoms with Crippen LogP contribution in [0.15, 0.2) is 77.7 Å². The standard InChI is InChI=1S/C20H16F2N2O3S/c1-24(28(26,27)16-9-3-2-4-10-16)15-8-5-7-14(13-15)20(25)23-19-17(21)11-6-12-18(19)22/h2-13H,1H3,(H,23,25). The minimum Gasteiger partial charge on any atom is -0.317 e. The van der Waals surface area contributed by atoms with E-state index in [2.05, 4.69) is 5.32 Å². The van der Waals surface area contributed by atoms with E-state index in [4.69, 9.17) is 0 Å². The van der Waals surface area contributed by atoms with Crippen molar-refractivity contribution in [2.45, 2.75) is 4.90 Å². The summed E-state index contributed by atoms with van der Waals surface area (Å²) in [4.78, 5) is 12.5. The molecule has 0 heterocycles. The van der Waals surface area contributed by atoms with E-state index in [1.54, 1.807) is 18.2 Å². The molecule has 0 unspecified atom stereocenters. The highest BCUT2D eigenvalue weighted by Gasteiger charge is 2.22. The molecule has 0 radical (unpaired) electrons. The maximum atomic E-state index is 13.7. The highest BCUT2D eigenvalue weighted by Crippen LogP contribution is 2.24. The van der Waals surface area contributed by atoms with E-state index in [1.165, 1.54) is 49.5 Å². The van der Waals surface area contributed by atoms with Gasteiger partial charge >= 0.3 is 0 Å². The third-order valence-electron chi connectivity index (χ3n) is 4.07. The molecule has 0 bridgehead atoms. The van der Waals surface area contributed by atoms with Crippen LogP contribution in [0.5, 0.6) is 0 Å². The van der Waals surface area contributed by atoms with Crippen molar-refractivity contribution in [1.82, 2.24) is 0 Å². The van der Waals surface area contributed by atoms with Crippen LogP contribution in [0.4, 0.5) is 20.2 Å². The molecule has 28 heavy (non-hydrogen) atoms. The summed E-state index contributed by atoms with van der Waals surface area (Å²) < 4.78 is 53.9. The van der Waals surface area contributed by atoms with Gasteiger partial charge in [0.15, 0.2) is 0 Å². The van der Waals surface area contributed by atoms with E-state index < -0.39 is 33.3 Å². The number of sulfonamides is 1. The minimum absolute atomic E-state index is 0.0512. The fourth-order valence-corrected chi connectivity index (χ4v) is 3.74. The van der Waals surface area contributed by atoms with Crippen LogP contribution in [0.2, 0.25) is 0 Å². The molecule has 0 spiro atoms. The monoisotopic (exact) mass is 402 g/mol. The lowest BCUT2D eigenvalue weighted by Gasteiger charge is -2.20. The second-order valence-electron chi connectivity index (χ2n) is 5.89. The number of halogens is 2. The SMILES string of the molecule is CN(c1cccc(C(=O)Nc2c(F)cccc2F)c1)S(=O)(=O)c1ccccc1. The number of rotatable bonds is 5. The summed E-state index contributed by atoms with van der Waals surface area (Å²) in [5.41, 5.74) is -0.288. The summed E-state index contributed by atoms with van der Waals surface area (Å²) in [6.07, 6.45) is 0. The largest absolute Gasteiger partial charge is 0.317 e. The van der Waals surface area contributed by atoms with Gasteiger partial charge in [-0.2, -0.15) is 0 Å². The zero-order chi connectivity index (χ0) is 20.3. The van der Waals surface area contributed by atoms with Gasteiger partial charge < -0.3 is 5.32 Å². The molecule has 1 amide bonds. The van der Waals surface area contributed by atoms with Crippen LogP contribution in [0.1, 0.15) is 10.4 Å². The molecule has 0 aromatic heterocycles. The number of hydrogen-bond donors (Lipinski definition) is 1. The van der Waals surface area contributed by atoms with Crippen molar-refractivity contribution in [2.24, 2.45) is 0 Å². The Kier molecular flexibility index (Phi) is 5.41. The van der Waals surface area contributed by atoms with E-state index in [0.717, 1.165) is 16.4 Å². The molecule has 8 heteroatoms. The number of benzene rings is 3. The molecular formula is C20H16F2N2O3S. The van der Waals surface area contributed by atoms with Gasteiger partial charge in [-0.1, -0.05) is 30.3 Å². The van der Waals surface area contributed by atoms with Crippen LogP contribution < -0.4 is 9.62 Å². The molecule has 3 rings (SSSR count). The van der Waals surface area contributed by atoms with Crippen LogP contribution in [-0.4, -0.2) is 21.4 Å². The van der Waals surface area contributed by atoms with Crippen molar-refractivity contribution in [3.05, 3.63) is 90.0 Å². The number of nitrogens with one attached hydrogen (secondary N) is 1. The van der Waals surface area contributed by atoms with Crippen molar-refractivity contribution in [3.63, 3.8) is 0 Å². The van der Waals surface area contributed by atoms with Crippen LogP contribution in [0, 0.1) is 11.6 Å². The zero-order valence-corrected chi connectivity index (χ0v) is 15.6. The molecule has 144 valence electrons. The Morgan fingerprint density at radius 1 is 0.893 bits per heavy atom. The number of nitrogens with zero attached hydrogens (tertiary/aromatic N) is 1. The van der Waals surface area contributed by atoms with E-state index in [9.17, 15) is 22.0 Å². The van der Waals surface area contributed by atoms with Gasteiger partial charge in [0.05, 0.1) is 10.6 Å². The maximum absolute atomic E-state index is 13.7. The Morgan fingerprint density at radius 3 is 2.14 bits per heavy atom. The second-order valence-corrected chi connectivity index (χ2v) is 7.86. The maximum Gasteiger partial charge on any atom is 0.264 e. The smallest absolute Gasteiger partial charge is 0.264 e. The normalized spacial score (nSPS) is 11.1. The van der Waals surface area contributed by atoms with Gasteiger partial charge in [-0.15, -0.1) is 0 Å². The first-order valence-electron chi connectivity index (χ1n) is 8.20. The first-order chi connectivity index (χ1) is 13.3. The van der Waals surface area contributed by atoms with Crippen LogP contribution in [0.25, 0.3) is 0 Å². The number of carbonyl (C=O) groups is 1. The molecular weight excluding hydrogens is 386 g/mol. The highest BCUT2D eigenvalue weighted by molar-refractivity contribution is 7.92. The Hall–Kier alpha value is -3.26. The molecule has 3 aromatic rings. The lowest BCUT2D eigenvalue weighted by molar-refractivity contribution is 0.102. The summed E-state index contributed by atoms with van der Waals surface area (Å²) >= 11 is 0. The number of anilines is 2. The molecule has 0 atom stereocenters. The zero-order valence-electron chi connectivity index (χ0n) is 14.8. The Morgan fingerprint density at radius 2 is 1.50 bits per heavy atom. The van der Waals surface area contributed by atoms with E-state index in [0.29, 0.717) is 0 Å². The Labute approximate surface area is 161 Å². The average Bonchev–Trinajstić information content (AvgIpc) is 2.71. The van der Waals surface area contributed by atoms with Crippen molar-refractivity contribution >= 4 is 27.3 Å². The fraction of sp³-hybridized carbons (Fsp3) is 0.0500. The molecule has 0 saturated carbocycles. The highest BCUT2D eigenvalue weighted by atomic mass is 32.2. The van der Waals surface area contributed by atoms with Crippen LogP contribution in [-0.2, 0) is 10.0 Å². The topological polar surface area (TPSA) is 66.5 Å². The third kappa shape index (κ3) is 3.86. The van der Waals surface area contributed by atoms with E-state index >= 15 is 0 Å². The molecule has 1 N–H and O–H groups in total. The van der Waals surface area contributed by atoms with Crippen molar-refractivity contribution in [3.8, 4) is 0 Å². The lowest BCUT2D eigenvalue weighted by Crippen LogP contribution is -2.26. The molecule has 0 aliphatic heterocycles. The van der Waals surface area contributed by atoms with Gasteiger partial charge in [-0.05, 0) is 42.5 Å². The van der Waals surface area contributed by atoms with Crippen molar-refractivity contribution < 1.29 is 22.0 Å². The first kappa shape index (κ1) is 19.5. The van der Waals surface area contributed by atoms with Crippen LogP contribution >= 0.6 is 0 Å². The summed E-state index contributed by atoms with van der Waals surface area (Å²) in [7, 11) is -2.47. The number of hydrogen-bond acceptors (Lipinski definition) is 3. The van der Waals surface area contributed by atoms with Crippen molar-refractivity contribution in [1.29, 1.82) is 0 Å². The van der Waals surface area contributed by atoms with Gasteiger partial charge in [0, 0.05) is 12.6 Å². The quantitative estimate of drug-likeness (QED) is 0.700. The summed E-state index contributed by atoms with van der Waals surface area (Å²) in [6.45, 7) is 0. The average molecular weight is 402 g/mol. The van der Waals surface area contributed by atoms with Crippen molar-refractivity contribution in [2.75, 3.05) is 16.7 Å². The molecule has 0 aliphatic rings.